The molecule has 0 spiro atoms. The van der Waals surface area contributed by atoms with Crippen LogP contribution in [0.1, 0.15) is 29.9 Å². The zero-order valence-electron chi connectivity index (χ0n) is 12.6. The second-order valence-electron chi connectivity index (χ2n) is 4.76. The van der Waals surface area contributed by atoms with Crippen LogP contribution < -0.4 is 5.32 Å². The van der Waals surface area contributed by atoms with Gasteiger partial charge in [0, 0.05) is 24.8 Å². The SMILES string of the molecule is CCN(CC)C(=O)c1cc(Nc2cccc(C)c2)ncn1. The largest absolute Gasteiger partial charge is 0.340 e. The van der Waals surface area contributed by atoms with E-state index < -0.39 is 0 Å². The smallest absolute Gasteiger partial charge is 0.272 e. The van der Waals surface area contributed by atoms with E-state index in [2.05, 4.69) is 15.3 Å². The molecule has 0 fully saturated rings. The standard InChI is InChI=1S/C16H20N4O/c1-4-20(5-2)16(21)14-10-15(18-11-17-14)19-13-8-6-7-12(3)9-13/h6-11H,4-5H2,1-3H3,(H,17,18,19). The molecular weight excluding hydrogens is 264 g/mol. The molecule has 0 bridgehead atoms. The fourth-order valence-corrected chi connectivity index (χ4v) is 2.09. The van der Waals surface area contributed by atoms with Gasteiger partial charge in [0.15, 0.2) is 0 Å². The Balaban J connectivity index is 2.20. The monoisotopic (exact) mass is 284 g/mol. The number of hydrogen-bond donors (Lipinski definition) is 1. The fourth-order valence-electron chi connectivity index (χ4n) is 2.09. The lowest BCUT2D eigenvalue weighted by molar-refractivity contribution is 0.0767. The highest BCUT2D eigenvalue weighted by atomic mass is 16.2. The van der Waals surface area contributed by atoms with Crippen molar-refractivity contribution in [3.05, 3.63) is 47.9 Å². The molecule has 0 radical (unpaired) electrons. The Kier molecular flexibility index (Phi) is 4.87. The summed E-state index contributed by atoms with van der Waals surface area (Å²) in [4.78, 5) is 22.2. The Morgan fingerprint density at radius 1 is 1.19 bits per heavy atom. The maximum Gasteiger partial charge on any atom is 0.272 e. The van der Waals surface area contributed by atoms with Gasteiger partial charge >= 0.3 is 0 Å². The number of nitrogens with zero attached hydrogens (tertiary/aromatic N) is 3. The predicted octanol–water partition coefficient (Wildman–Crippen LogP) is 3.01. The van der Waals surface area contributed by atoms with Crippen molar-refractivity contribution in [2.24, 2.45) is 0 Å². The molecular formula is C16H20N4O. The average molecular weight is 284 g/mol. The summed E-state index contributed by atoms with van der Waals surface area (Å²) in [6.07, 6.45) is 1.41. The molecule has 1 N–H and O–H groups in total. The van der Waals surface area contributed by atoms with E-state index in [1.165, 1.54) is 6.33 Å². The minimum Gasteiger partial charge on any atom is -0.340 e. The van der Waals surface area contributed by atoms with Gasteiger partial charge in [-0.1, -0.05) is 12.1 Å². The van der Waals surface area contributed by atoms with Crippen LogP contribution in [0.3, 0.4) is 0 Å². The van der Waals surface area contributed by atoms with Gasteiger partial charge in [-0.25, -0.2) is 9.97 Å². The fraction of sp³-hybridized carbons (Fsp3) is 0.312. The van der Waals surface area contributed by atoms with Crippen molar-refractivity contribution >= 4 is 17.4 Å². The topological polar surface area (TPSA) is 58.1 Å². The molecule has 0 aliphatic heterocycles. The summed E-state index contributed by atoms with van der Waals surface area (Å²) in [6, 6.07) is 9.67. The number of aromatic nitrogens is 2. The number of anilines is 2. The summed E-state index contributed by atoms with van der Waals surface area (Å²) < 4.78 is 0. The van der Waals surface area contributed by atoms with Gasteiger partial charge in [0.2, 0.25) is 0 Å². The van der Waals surface area contributed by atoms with E-state index in [0.29, 0.717) is 24.6 Å². The van der Waals surface area contributed by atoms with Gasteiger partial charge in [-0.2, -0.15) is 0 Å². The summed E-state index contributed by atoms with van der Waals surface area (Å²) in [6.45, 7) is 7.27. The molecule has 0 atom stereocenters. The Bertz CT molecular complexity index is 623. The molecule has 110 valence electrons. The summed E-state index contributed by atoms with van der Waals surface area (Å²) in [5.74, 6) is 0.542. The lowest BCUT2D eigenvalue weighted by Crippen LogP contribution is -2.31. The van der Waals surface area contributed by atoms with E-state index in [0.717, 1.165) is 11.3 Å². The molecule has 2 rings (SSSR count). The number of hydrogen-bond acceptors (Lipinski definition) is 4. The quantitative estimate of drug-likeness (QED) is 0.917. The summed E-state index contributed by atoms with van der Waals surface area (Å²) in [5, 5.41) is 3.19. The van der Waals surface area contributed by atoms with Crippen molar-refractivity contribution < 1.29 is 4.79 Å². The molecule has 1 aromatic carbocycles. The number of benzene rings is 1. The number of nitrogens with one attached hydrogen (secondary N) is 1. The van der Waals surface area contributed by atoms with Crippen LogP contribution >= 0.6 is 0 Å². The lowest BCUT2D eigenvalue weighted by atomic mass is 10.2. The highest BCUT2D eigenvalue weighted by molar-refractivity contribution is 5.93. The van der Waals surface area contributed by atoms with Crippen molar-refractivity contribution in [2.45, 2.75) is 20.8 Å². The van der Waals surface area contributed by atoms with Crippen molar-refractivity contribution in [3.63, 3.8) is 0 Å². The van der Waals surface area contributed by atoms with E-state index in [4.69, 9.17) is 0 Å². The highest BCUT2D eigenvalue weighted by Gasteiger charge is 2.14. The van der Waals surface area contributed by atoms with Crippen molar-refractivity contribution in [1.29, 1.82) is 0 Å². The molecule has 0 saturated heterocycles. The molecule has 0 saturated carbocycles. The van der Waals surface area contributed by atoms with Crippen LogP contribution in [-0.2, 0) is 0 Å². The number of amides is 1. The number of rotatable bonds is 5. The van der Waals surface area contributed by atoms with Gasteiger partial charge in [-0.15, -0.1) is 0 Å². The van der Waals surface area contributed by atoms with Crippen LogP contribution in [0.25, 0.3) is 0 Å². The molecule has 1 heterocycles. The highest BCUT2D eigenvalue weighted by Crippen LogP contribution is 2.16. The van der Waals surface area contributed by atoms with Crippen molar-refractivity contribution in [1.82, 2.24) is 14.9 Å². The summed E-state index contributed by atoms with van der Waals surface area (Å²) in [5.41, 5.74) is 2.51. The Morgan fingerprint density at radius 3 is 2.62 bits per heavy atom. The second kappa shape index (κ2) is 6.83. The van der Waals surface area contributed by atoms with Gasteiger partial charge in [0.25, 0.3) is 5.91 Å². The molecule has 2 aromatic rings. The second-order valence-corrected chi connectivity index (χ2v) is 4.76. The van der Waals surface area contributed by atoms with Crippen LogP contribution in [0, 0.1) is 6.92 Å². The van der Waals surface area contributed by atoms with E-state index >= 15 is 0 Å². The van der Waals surface area contributed by atoms with E-state index in [-0.39, 0.29) is 5.91 Å². The summed E-state index contributed by atoms with van der Waals surface area (Å²) in [7, 11) is 0. The molecule has 1 amide bonds. The van der Waals surface area contributed by atoms with Gasteiger partial charge < -0.3 is 10.2 Å². The zero-order chi connectivity index (χ0) is 15.2. The molecule has 1 aromatic heterocycles. The van der Waals surface area contributed by atoms with Crippen LogP contribution in [0.15, 0.2) is 36.7 Å². The average Bonchev–Trinajstić information content (AvgIpc) is 2.48. The third-order valence-electron chi connectivity index (χ3n) is 3.23. The molecule has 0 unspecified atom stereocenters. The van der Waals surface area contributed by atoms with Crippen LogP contribution in [0.4, 0.5) is 11.5 Å². The minimum atomic E-state index is -0.0744. The predicted molar refractivity (Wildman–Crippen MR) is 83.7 cm³/mol. The third kappa shape index (κ3) is 3.78. The first kappa shape index (κ1) is 15.0. The van der Waals surface area contributed by atoms with Crippen molar-refractivity contribution in [3.8, 4) is 0 Å². The van der Waals surface area contributed by atoms with Gasteiger partial charge in [-0.05, 0) is 38.5 Å². The number of aryl methyl sites for hydroxylation is 1. The maximum absolute atomic E-state index is 12.3. The first-order valence-electron chi connectivity index (χ1n) is 7.09. The van der Waals surface area contributed by atoms with Crippen LogP contribution in [0.2, 0.25) is 0 Å². The Morgan fingerprint density at radius 2 is 1.95 bits per heavy atom. The van der Waals surface area contributed by atoms with Crippen molar-refractivity contribution in [2.75, 3.05) is 18.4 Å². The minimum absolute atomic E-state index is 0.0744. The maximum atomic E-state index is 12.3. The third-order valence-corrected chi connectivity index (χ3v) is 3.23. The Labute approximate surface area is 125 Å². The summed E-state index contributed by atoms with van der Waals surface area (Å²) >= 11 is 0. The molecule has 0 aliphatic carbocycles. The number of carbonyl (C=O) groups excluding carboxylic acids is 1. The van der Waals surface area contributed by atoms with E-state index in [9.17, 15) is 4.79 Å². The zero-order valence-corrected chi connectivity index (χ0v) is 12.6. The first-order chi connectivity index (χ1) is 10.1. The molecule has 21 heavy (non-hydrogen) atoms. The molecule has 5 heteroatoms. The molecule has 5 nitrogen and oxygen atoms in total. The van der Waals surface area contributed by atoms with E-state index in [1.807, 2.05) is 45.0 Å². The number of carbonyl (C=O) groups is 1. The first-order valence-corrected chi connectivity index (χ1v) is 7.09. The lowest BCUT2D eigenvalue weighted by Gasteiger charge is -2.18. The van der Waals surface area contributed by atoms with Crippen LogP contribution in [0.5, 0.6) is 0 Å². The normalized spacial score (nSPS) is 10.2. The van der Waals surface area contributed by atoms with Gasteiger partial charge in [0.1, 0.15) is 17.8 Å². The van der Waals surface area contributed by atoms with Gasteiger partial charge in [-0.3, -0.25) is 4.79 Å². The van der Waals surface area contributed by atoms with E-state index in [1.54, 1.807) is 11.0 Å². The van der Waals surface area contributed by atoms with Crippen LogP contribution in [-0.4, -0.2) is 33.9 Å². The Hall–Kier alpha value is -2.43. The molecule has 0 aliphatic rings. The van der Waals surface area contributed by atoms with Gasteiger partial charge in [0.05, 0.1) is 0 Å².